The topological polar surface area (TPSA) is 0 Å². The van der Waals surface area contributed by atoms with Gasteiger partial charge in [-0.2, -0.15) is 0 Å². The van der Waals surface area contributed by atoms with Gasteiger partial charge in [0.2, 0.25) is 0 Å². The number of hydrogen-bond donors (Lipinski definition) is 0. The fourth-order valence-corrected chi connectivity index (χ4v) is 1.31. The van der Waals surface area contributed by atoms with Crippen LogP contribution in [-0.2, 0) is 0 Å². The molecule has 0 amide bonds. The first-order valence-corrected chi connectivity index (χ1v) is 4.39. The second-order valence-corrected chi connectivity index (χ2v) is 2.74. The molecule has 0 atom stereocenters. The zero-order valence-corrected chi connectivity index (χ0v) is 7.11. The summed E-state index contributed by atoms with van der Waals surface area (Å²) in [5.74, 6) is 1.04. The quantitative estimate of drug-likeness (QED) is 0.467. The fraction of sp³-hybridized carbons (Fsp3) is 1.00. The van der Waals surface area contributed by atoms with Crippen LogP contribution in [0.5, 0.6) is 0 Å². The van der Waals surface area contributed by atoms with E-state index in [1.165, 1.54) is 32.1 Å². The molecule has 0 bridgehead atoms. The summed E-state index contributed by atoms with van der Waals surface area (Å²) in [5, 5.41) is 0. The van der Waals surface area contributed by atoms with E-state index in [0.29, 0.717) is 0 Å². The predicted octanol–water partition coefficient (Wildman–Crippen LogP) is 3.61. The van der Waals surface area contributed by atoms with E-state index in [1.807, 2.05) is 13.8 Å². The highest BCUT2D eigenvalue weighted by molar-refractivity contribution is 4.59. The van der Waals surface area contributed by atoms with Gasteiger partial charge in [-0.05, 0) is 5.92 Å². The van der Waals surface area contributed by atoms with Gasteiger partial charge in [0.15, 0.2) is 0 Å². The summed E-state index contributed by atoms with van der Waals surface area (Å²) in [6.45, 7) is 6.36. The van der Waals surface area contributed by atoms with Crippen LogP contribution in [0, 0.1) is 5.92 Å². The van der Waals surface area contributed by atoms with Gasteiger partial charge in [-0.15, -0.1) is 0 Å². The van der Waals surface area contributed by atoms with Gasteiger partial charge in [0, 0.05) is 0 Å². The summed E-state index contributed by atoms with van der Waals surface area (Å²) >= 11 is 0. The van der Waals surface area contributed by atoms with E-state index in [9.17, 15) is 0 Å². The highest BCUT2D eigenvalue weighted by Gasteiger charge is 2.05. The van der Waals surface area contributed by atoms with Gasteiger partial charge in [0.1, 0.15) is 0 Å². The van der Waals surface area contributed by atoms with Crippen LogP contribution in [0.25, 0.3) is 0 Å². The standard InChI is InChI=1S/C7H14.C2H6/c1-7-5-3-2-4-6-7;1-2/h7H,2-6H2,1H3;1-2H3. The van der Waals surface area contributed by atoms with Crippen LogP contribution in [0.3, 0.4) is 0 Å². The lowest BCUT2D eigenvalue weighted by molar-refractivity contribution is 0.385. The lowest BCUT2D eigenvalue weighted by Crippen LogP contribution is -1.99. The molecule has 0 unspecified atom stereocenters. The maximum absolute atomic E-state index is 2.36. The summed E-state index contributed by atoms with van der Waals surface area (Å²) in [6.07, 6.45) is 7.44. The lowest BCUT2D eigenvalue weighted by Gasteiger charge is -2.15. The van der Waals surface area contributed by atoms with Crippen molar-refractivity contribution in [1.29, 1.82) is 0 Å². The van der Waals surface area contributed by atoms with E-state index in [1.54, 1.807) is 0 Å². The van der Waals surface area contributed by atoms with Crippen molar-refractivity contribution in [1.82, 2.24) is 0 Å². The van der Waals surface area contributed by atoms with Gasteiger partial charge in [0.05, 0.1) is 0 Å². The molecule has 1 fully saturated rings. The van der Waals surface area contributed by atoms with Crippen LogP contribution in [0.15, 0.2) is 0 Å². The second-order valence-electron chi connectivity index (χ2n) is 2.74. The van der Waals surface area contributed by atoms with Crippen LogP contribution in [0.1, 0.15) is 52.9 Å². The van der Waals surface area contributed by atoms with Crippen LogP contribution in [0.2, 0.25) is 0 Å². The Labute approximate surface area is 59.7 Å². The van der Waals surface area contributed by atoms with Crippen molar-refractivity contribution in [2.75, 3.05) is 0 Å². The van der Waals surface area contributed by atoms with E-state index >= 15 is 0 Å². The average molecular weight is 128 g/mol. The van der Waals surface area contributed by atoms with Crippen molar-refractivity contribution >= 4 is 0 Å². The Kier molecular flexibility index (Phi) is 6.12. The molecule has 56 valence electrons. The van der Waals surface area contributed by atoms with Gasteiger partial charge < -0.3 is 0 Å². The molecule has 0 nitrogen and oxygen atoms in total. The van der Waals surface area contributed by atoms with E-state index < -0.39 is 0 Å². The highest BCUT2D eigenvalue weighted by atomic mass is 14.1. The molecule has 0 heteroatoms. The van der Waals surface area contributed by atoms with Crippen molar-refractivity contribution in [2.45, 2.75) is 52.9 Å². The maximum Gasteiger partial charge on any atom is -0.0443 e. The smallest absolute Gasteiger partial charge is 0.0443 e. The molecule has 0 heterocycles. The fourth-order valence-electron chi connectivity index (χ4n) is 1.31. The van der Waals surface area contributed by atoms with Crippen molar-refractivity contribution in [2.24, 2.45) is 5.92 Å². The predicted molar refractivity (Wildman–Crippen MR) is 43.6 cm³/mol. The molecule has 1 rings (SSSR count). The zero-order chi connectivity index (χ0) is 7.11. The van der Waals surface area contributed by atoms with Crippen LogP contribution in [0.4, 0.5) is 0 Å². The molecular weight excluding hydrogens is 108 g/mol. The largest absolute Gasteiger partial charge is 0.0683 e. The molecule has 0 aromatic rings. The summed E-state index contributed by atoms with van der Waals surface area (Å²) in [4.78, 5) is 0. The Balaban J connectivity index is 0.000000291. The molecule has 0 aromatic carbocycles. The number of hydrogen-bond acceptors (Lipinski definition) is 0. The molecule has 0 N–H and O–H groups in total. The minimum Gasteiger partial charge on any atom is -0.0683 e. The van der Waals surface area contributed by atoms with E-state index in [2.05, 4.69) is 6.92 Å². The lowest BCUT2D eigenvalue weighted by atomic mass is 9.91. The normalized spacial score (nSPS) is 20.3. The Morgan fingerprint density at radius 1 is 0.889 bits per heavy atom. The minimum absolute atomic E-state index is 1.04. The molecule has 0 spiro atoms. The van der Waals surface area contributed by atoms with Crippen LogP contribution >= 0.6 is 0 Å². The van der Waals surface area contributed by atoms with Gasteiger partial charge in [0.25, 0.3) is 0 Å². The molecule has 0 aromatic heterocycles. The zero-order valence-electron chi connectivity index (χ0n) is 7.11. The molecule has 1 aliphatic carbocycles. The Morgan fingerprint density at radius 2 is 1.33 bits per heavy atom. The summed E-state index contributed by atoms with van der Waals surface area (Å²) < 4.78 is 0. The summed E-state index contributed by atoms with van der Waals surface area (Å²) in [7, 11) is 0. The Hall–Kier alpha value is 0. The van der Waals surface area contributed by atoms with E-state index in [-0.39, 0.29) is 0 Å². The van der Waals surface area contributed by atoms with Gasteiger partial charge in [-0.1, -0.05) is 52.9 Å². The molecule has 1 aliphatic rings. The molecule has 0 aliphatic heterocycles. The van der Waals surface area contributed by atoms with Gasteiger partial charge in [-0.25, -0.2) is 0 Å². The van der Waals surface area contributed by atoms with E-state index in [0.717, 1.165) is 5.92 Å². The van der Waals surface area contributed by atoms with Crippen LogP contribution in [-0.4, -0.2) is 0 Å². The molecule has 9 heavy (non-hydrogen) atoms. The number of rotatable bonds is 0. The third-order valence-electron chi connectivity index (χ3n) is 1.89. The summed E-state index contributed by atoms with van der Waals surface area (Å²) in [6, 6.07) is 0. The molecule has 1 saturated carbocycles. The van der Waals surface area contributed by atoms with E-state index in [4.69, 9.17) is 0 Å². The minimum atomic E-state index is 1.04. The Bertz CT molecular complexity index is 42.0. The molecule has 0 radical (unpaired) electrons. The Morgan fingerprint density at radius 3 is 1.56 bits per heavy atom. The maximum atomic E-state index is 2.36. The third kappa shape index (κ3) is 4.50. The first-order valence-electron chi connectivity index (χ1n) is 4.39. The third-order valence-corrected chi connectivity index (χ3v) is 1.89. The summed E-state index contributed by atoms with van der Waals surface area (Å²) in [5.41, 5.74) is 0. The first kappa shape index (κ1) is 9.00. The van der Waals surface area contributed by atoms with Gasteiger partial charge >= 0.3 is 0 Å². The van der Waals surface area contributed by atoms with Crippen molar-refractivity contribution < 1.29 is 0 Å². The highest BCUT2D eigenvalue weighted by Crippen LogP contribution is 2.21. The second kappa shape index (κ2) is 6.12. The molecule has 0 saturated heterocycles. The average Bonchev–Trinajstić information content (AvgIpc) is 1.94. The van der Waals surface area contributed by atoms with Crippen molar-refractivity contribution in [3.63, 3.8) is 0 Å². The van der Waals surface area contributed by atoms with Crippen molar-refractivity contribution in [3.8, 4) is 0 Å². The molecular formula is C9H20. The monoisotopic (exact) mass is 128 g/mol. The first-order chi connectivity index (χ1) is 4.39. The van der Waals surface area contributed by atoms with Crippen LogP contribution < -0.4 is 0 Å². The van der Waals surface area contributed by atoms with Gasteiger partial charge in [-0.3, -0.25) is 0 Å². The van der Waals surface area contributed by atoms with Crippen molar-refractivity contribution in [3.05, 3.63) is 0 Å². The SMILES string of the molecule is CC.CC1CCCCC1.